The molecule has 1 rings (SSSR count). The zero-order valence-electron chi connectivity index (χ0n) is 10.1. The summed E-state index contributed by atoms with van der Waals surface area (Å²) in [5.41, 5.74) is 2.74. The van der Waals surface area contributed by atoms with Crippen molar-refractivity contribution in [1.82, 2.24) is 10.9 Å². The van der Waals surface area contributed by atoms with Crippen molar-refractivity contribution in [2.75, 3.05) is 0 Å². The highest BCUT2D eigenvalue weighted by atomic mass is 16.3. The fourth-order valence-electron chi connectivity index (χ4n) is 1.60. The van der Waals surface area contributed by atoms with E-state index in [0.717, 1.165) is 12.8 Å². The minimum Gasteiger partial charge on any atom is -0.380 e. The Bertz CT molecular complexity index is 288. The Balaban J connectivity index is 2.44. The smallest absolute Gasteiger partial charge is 0.270 e. The lowest BCUT2D eigenvalue weighted by atomic mass is 9.96. The molecular weight excluding hydrogens is 208 g/mol. The van der Waals surface area contributed by atoms with Crippen LogP contribution in [0.4, 0.5) is 0 Å². The molecule has 0 spiro atoms. The average molecular weight is 228 g/mol. The van der Waals surface area contributed by atoms with Crippen LogP contribution in [0.2, 0.25) is 0 Å². The number of hydrazine groups is 1. The van der Waals surface area contributed by atoms with Crippen LogP contribution in [0.15, 0.2) is 0 Å². The third kappa shape index (κ3) is 2.95. The Kier molecular flexibility index (Phi) is 3.57. The van der Waals surface area contributed by atoms with E-state index >= 15 is 0 Å². The molecule has 1 saturated carbocycles. The van der Waals surface area contributed by atoms with Gasteiger partial charge in [-0.1, -0.05) is 20.8 Å². The summed E-state index contributed by atoms with van der Waals surface area (Å²) in [5, 5.41) is 9.91. The molecule has 0 saturated heterocycles. The fourth-order valence-corrected chi connectivity index (χ4v) is 1.60. The first-order chi connectivity index (χ1) is 7.26. The monoisotopic (exact) mass is 228 g/mol. The van der Waals surface area contributed by atoms with Crippen molar-refractivity contribution in [3.63, 3.8) is 0 Å². The van der Waals surface area contributed by atoms with Crippen molar-refractivity contribution in [3.8, 4) is 0 Å². The highest BCUT2D eigenvalue weighted by Gasteiger charge is 2.39. The fraction of sp³-hybridized carbons (Fsp3) is 0.818. The molecule has 0 aromatic carbocycles. The summed E-state index contributed by atoms with van der Waals surface area (Å²) in [6.07, 6.45) is 2.61. The van der Waals surface area contributed by atoms with Gasteiger partial charge in [0.05, 0.1) is 0 Å². The van der Waals surface area contributed by atoms with Crippen LogP contribution in [0, 0.1) is 5.41 Å². The molecule has 0 unspecified atom stereocenters. The van der Waals surface area contributed by atoms with Crippen molar-refractivity contribution in [2.24, 2.45) is 5.41 Å². The van der Waals surface area contributed by atoms with Crippen molar-refractivity contribution in [1.29, 1.82) is 0 Å². The summed E-state index contributed by atoms with van der Waals surface area (Å²) in [7, 11) is 0. The molecule has 1 aliphatic rings. The van der Waals surface area contributed by atoms with Crippen LogP contribution in [0.1, 0.15) is 46.5 Å². The molecule has 0 aromatic heterocycles. The second-order valence-corrected chi connectivity index (χ2v) is 5.40. The van der Waals surface area contributed by atoms with Gasteiger partial charge in [0.2, 0.25) is 5.91 Å². The second kappa shape index (κ2) is 4.41. The predicted octanol–water partition coefficient (Wildman–Crippen LogP) is 0.485. The summed E-state index contributed by atoms with van der Waals surface area (Å²) >= 11 is 0. The molecule has 2 amide bonds. The molecular formula is C11H20N2O3. The Morgan fingerprint density at radius 2 is 1.62 bits per heavy atom. The molecule has 3 N–H and O–H groups in total. The molecule has 0 aromatic rings. The molecule has 92 valence electrons. The number of rotatable bonds is 1. The van der Waals surface area contributed by atoms with Crippen LogP contribution < -0.4 is 10.9 Å². The molecule has 0 heterocycles. The Labute approximate surface area is 95.6 Å². The maximum Gasteiger partial charge on any atom is 0.270 e. The molecule has 1 fully saturated rings. The van der Waals surface area contributed by atoms with E-state index in [0.29, 0.717) is 12.8 Å². The predicted molar refractivity (Wildman–Crippen MR) is 59.2 cm³/mol. The van der Waals surface area contributed by atoms with Crippen molar-refractivity contribution in [3.05, 3.63) is 0 Å². The van der Waals surface area contributed by atoms with E-state index in [1.54, 1.807) is 20.8 Å². The van der Waals surface area contributed by atoms with Gasteiger partial charge in [0.1, 0.15) is 5.60 Å². The lowest BCUT2D eigenvalue weighted by Gasteiger charge is -2.23. The van der Waals surface area contributed by atoms with Gasteiger partial charge in [-0.2, -0.15) is 0 Å². The Hall–Kier alpha value is -1.10. The van der Waals surface area contributed by atoms with Crippen LogP contribution in [0.5, 0.6) is 0 Å². The van der Waals surface area contributed by atoms with E-state index in [1.807, 2.05) is 0 Å². The summed E-state index contributed by atoms with van der Waals surface area (Å²) in [4.78, 5) is 23.1. The van der Waals surface area contributed by atoms with E-state index in [1.165, 1.54) is 0 Å². The third-order valence-corrected chi connectivity index (χ3v) is 2.82. The van der Waals surface area contributed by atoms with Gasteiger partial charge in [-0.3, -0.25) is 20.4 Å². The minimum absolute atomic E-state index is 0.276. The number of carbonyl (C=O) groups excluding carboxylic acids is 2. The summed E-state index contributed by atoms with van der Waals surface area (Å²) in [6, 6.07) is 0. The minimum atomic E-state index is -1.30. The van der Waals surface area contributed by atoms with Gasteiger partial charge in [0.25, 0.3) is 5.91 Å². The van der Waals surface area contributed by atoms with E-state index in [-0.39, 0.29) is 5.91 Å². The first kappa shape index (κ1) is 13.0. The largest absolute Gasteiger partial charge is 0.380 e. The second-order valence-electron chi connectivity index (χ2n) is 5.40. The molecule has 5 nitrogen and oxygen atoms in total. The number of carbonyl (C=O) groups is 2. The van der Waals surface area contributed by atoms with Gasteiger partial charge in [-0.15, -0.1) is 0 Å². The lowest BCUT2D eigenvalue weighted by Crippen LogP contribution is -2.54. The summed E-state index contributed by atoms with van der Waals surface area (Å²) in [6.45, 7) is 5.25. The third-order valence-electron chi connectivity index (χ3n) is 2.82. The van der Waals surface area contributed by atoms with Crippen molar-refractivity contribution >= 4 is 11.8 Å². The maximum absolute atomic E-state index is 11.6. The van der Waals surface area contributed by atoms with E-state index < -0.39 is 16.9 Å². The zero-order valence-corrected chi connectivity index (χ0v) is 10.1. The Morgan fingerprint density at radius 3 is 2.06 bits per heavy atom. The van der Waals surface area contributed by atoms with E-state index in [9.17, 15) is 14.7 Å². The molecule has 16 heavy (non-hydrogen) atoms. The topological polar surface area (TPSA) is 78.4 Å². The summed E-state index contributed by atoms with van der Waals surface area (Å²) < 4.78 is 0. The number of hydrogen-bond donors (Lipinski definition) is 3. The van der Waals surface area contributed by atoms with Crippen LogP contribution in [0.25, 0.3) is 0 Å². The van der Waals surface area contributed by atoms with Gasteiger partial charge in [0, 0.05) is 5.41 Å². The molecule has 5 heteroatoms. The number of hydrogen-bond acceptors (Lipinski definition) is 3. The first-order valence-corrected chi connectivity index (χ1v) is 5.59. The van der Waals surface area contributed by atoms with Crippen molar-refractivity contribution < 1.29 is 14.7 Å². The van der Waals surface area contributed by atoms with Crippen LogP contribution >= 0.6 is 0 Å². The molecule has 0 radical (unpaired) electrons. The highest BCUT2D eigenvalue weighted by Crippen LogP contribution is 2.29. The van der Waals surface area contributed by atoms with Gasteiger partial charge < -0.3 is 5.11 Å². The van der Waals surface area contributed by atoms with E-state index in [4.69, 9.17) is 0 Å². The molecule has 0 atom stereocenters. The van der Waals surface area contributed by atoms with Gasteiger partial charge >= 0.3 is 0 Å². The first-order valence-electron chi connectivity index (χ1n) is 5.59. The molecule has 0 aliphatic heterocycles. The Morgan fingerprint density at radius 1 is 1.12 bits per heavy atom. The van der Waals surface area contributed by atoms with Gasteiger partial charge in [-0.05, 0) is 25.7 Å². The average Bonchev–Trinajstić information content (AvgIpc) is 2.60. The van der Waals surface area contributed by atoms with E-state index in [2.05, 4.69) is 10.9 Å². The number of amides is 2. The van der Waals surface area contributed by atoms with Crippen molar-refractivity contribution in [2.45, 2.75) is 52.1 Å². The van der Waals surface area contributed by atoms with Gasteiger partial charge in [-0.25, -0.2) is 0 Å². The maximum atomic E-state index is 11.6. The highest BCUT2D eigenvalue weighted by molar-refractivity contribution is 5.89. The SMILES string of the molecule is CC(C)(C)C(=O)NNC(=O)C1(O)CCCC1. The van der Waals surface area contributed by atoms with Crippen LogP contribution in [-0.4, -0.2) is 22.5 Å². The molecule has 1 aliphatic carbocycles. The zero-order chi connectivity index (χ0) is 12.4. The quantitative estimate of drug-likeness (QED) is 0.571. The number of aliphatic hydroxyl groups is 1. The molecule has 0 bridgehead atoms. The normalized spacial score (nSPS) is 19.2. The number of nitrogens with one attached hydrogen (secondary N) is 2. The van der Waals surface area contributed by atoms with Gasteiger partial charge in [0.15, 0.2) is 0 Å². The van der Waals surface area contributed by atoms with Crippen LogP contribution in [0.3, 0.4) is 0 Å². The lowest BCUT2D eigenvalue weighted by molar-refractivity contribution is -0.143. The summed E-state index contributed by atoms with van der Waals surface area (Å²) in [5.74, 6) is -0.787. The standard InChI is InChI=1S/C11H20N2O3/c1-10(2,3)8(14)12-13-9(15)11(16)6-4-5-7-11/h16H,4-7H2,1-3H3,(H,12,14)(H,13,15). The van der Waals surface area contributed by atoms with Crippen LogP contribution in [-0.2, 0) is 9.59 Å².